The molecular formula is C11H11ClNO3+. The molecule has 0 saturated carbocycles. The predicted octanol–water partition coefficient (Wildman–Crippen LogP) is 1.93. The van der Waals surface area contributed by atoms with Crippen LogP contribution in [-0.4, -0.2) is 30.1 Å². The van der Waals surface area contributed by atoms with E-state index in [9.17, 15) is 4.79 Å². The van der Waals surface area contributed by atoms with Crippen molar-refractivity contribution in [3.8, 4) is 0 Å². The van der Waals surface area contributed by atoms with E-state index in [0.717, 1.165) is 5.69 Å². The number of hydrogen-bond acceptors (Lipinski definition) is 3. The lowest BCUT2D eigenvalue weighted by molar-refractivity contribution is -0.722. The van der Waals surface area contributed by atoms with Gasteiger partial charge in [0.1, 0.15) is 0 Å². The molecule has 1 aliphatic heterocycles. The fourth-order valence-electron chi connectivity index (χ4n) is 1.44. The summed E-state index contributed by atoms with van der Waals surface area (Å²) in [6.45, 7) is 0. The Hall–Kier alpha value is -1.55. The van der Waals surface area contributed by atoms with Gasteiger partial charge in [-0.05, 0) is 12.1 Å². The summed E-state index contributed by atoms with van der Waals surface area (Å²) in [5, 5.41) is 0.660. The Kier molecular flexibility index (Phi) is 3.10. The third kappa shape index (κ3) is 2.17. The van der Waals surface area contributed by atoms with Crippen LogP contribution in [0.1, 0.15) is 6.42 Å². The molecule has 1 aliphatic rings. The minimum atomic E-state index is -0.555. The monoisotopic (exact) mass is 240 g/mol. The molecule has 16 heavy (non-hydrogen) atoms. The largest absolute Gasteiger partial charge is 0.466 e. The Bertz CT molecular complexity index is 427. The first-order chi connectivity index (χ1) is 7.70. The van der Waals surface area contributed by atoms with Crippen molar-refractivity contribution in [3.05, 3.63) is 29.3 Å². The maximum Gasteiger partial charge on any atom is 0.355 e. The number of nitrogens with zero attached hydrogens (tertiary/aromatic N) is 1. The minimum absolute atomic E-state index is 0.368. The van der Waals surface area contributed by atoms with Crippen molar-refractivity contribution >= 4 is 29.5 Å². The first kappa shape index (κ1) is 11.0. The fraction of sp³-hybridized carbons (Fsp3) is 0.273. The van der Waals surface area contributed by atoms with Gasteiger partial charge in [-0.3, -0.25) is 4.84 Å². The van der Waals surface area contributed by atoms with Gasteiger partial charge in [0.15, 0.2) is 0 Å². The normalized spacial score (nSPS) is 18.9. The van der Waals surface area contributed by atoms with Gasteiger partial charge in [0.05, 0.1) is 13.5 Å². The summed E-state index contributed by atoms with van der Waals surface area (Å²) in [4.78, 5) is 16.6. The zero-order valence-corrected chi connectivity index (χ0v) is 9.48. The summed E-state index contributed by atoms with van der Waals surface area (Å²) in [7, 11) is 1.34. The van der Waals surface area contributed by atoms with Gasteiger partial charge in [-0.15, -0.1) is 0 Å². The molecule has 4 nitrogen and oxygen atoms in total. The van der Waals surface area contributed by atoms with Gasteiger partial charge >= 0.3 is 5.97 Å². The van der Waals surface area contributed by atoms with Gasteiger partial charge in [0.2, 0.25) is 6.21 Å². The second kappa shape index (κ2) is 4.53. The number of benzene rings is 1. The van der Waals surface area contributed by atoms with Crippen molar-refractivity contribution < 1.29 is 19.1 Å². The number of carbonyl (C=O) groups excluding carboxylic acids is 1. The molecule has 1 unspecified atom stereocenters. The molecule has 0 radical (unpaired) electrons. The molecule has 0 fully saturated rings. The van der Waals surface area contributed by atoms with Crippen molar-refractivity contribution in [2.24, 2.45) is 0 Å². The lowest BCUT2D eigenvalue weighted by Crippen LogP contribution is -2.23. The summed E-state index contributed by atoms with van der Waals surface area (Å²) in [5.74, 6) is -0.368. The molecule has 1 aromatic carbocycles. The Morgan fingerprint density at radius 1 is 1.50 bits per heavy atom. The number of halogens is 1. The zero-order chi connectivity index (χ0) is 11.5. The van der Waals surface area contributed by atoms with Crippen LogP contribution in [0.4, 0.5) is 5.69 Å². The molecule has 1 atom stereocenters. The maximum atomic E-state index is 11.2. The van der Waals surface area contributed by atoms with Gasteiger partial charge in [-0.1, -0.05) is 11.6 Å². The number of hydrogen-bond donors (Lipinski definition) is 0. The molecule has 0 spiro atoms. The average molecular weight is 241 g/mol. The third-order valence-electron chi connectivity index (χ3n) is 2.27. The summed E-state index contributed by atoms with van der Waals surface area (Å²) >= 11 is 5.78. The lowest BCUT2D eigenvalue weighted by atomic mass is 10.3. The lowest BCUT2D eigenvalue weighted by Gasteiger charge is -2.03. The summed E-state index contributed by atoms with van der Waals surface area (Å²) in [6.07, 6.45) is 1.75. The highest BCUT2D eigenvalue weighted by atomic mass is 35.5. The number of esters is 1. The maximum absolute atomic E-state index is 11.2. The van der Waals surface area contributed by atoms with E-state index in [1.165, 1.54) is 7.11 Å². The van der Waals surface area contributed by atoms with Crippen LogP contribution in [0.3, 0.4) is 0 Å². The molecule has 0 aromatic heterocycles. The molecular weight excluding hydrogens is 230 g/mol. The quantitative estimate of drug-likeness (QED) is 0.586. The number of methoxy groups -OCH3 is 1. The zero-order valence-electron chi connectivity index (χ0n) is 8.72. The predicted molar refractivity (Wildman–Crippen MR) is 58.9 cm³/mol. The highest BCUT2D eigenvalue weighted by Gasteiger charge is 2.34. The molecule has 0 bridgehead atoms. The van der Waals surface area contributed by atoms with Crippen molar-refractivity contribution in [2.45, 2.75) is 12.5 Å². The van der Waals surface area contributed by atoms with Gasteiger partial charge in [0.25, 0.3) is 11.8 Å². The molecule has 2 rings (SSSR count). The van der Waals surface area contributed by atoms with E-state index in [0.29, 0.717) is 11.4 Å². The molecule has 5 heteroatoms. The van der Waals surface area contributed by atoms with Crippen LogP contribution >= 0.6 is 11.6 Å². The first-order valence-electron chi connectivity index (χ1n) is 4.83. The van der Waals surface area contributed by atoms with Gasteiger partial charge in [0, 0.05) is 21.9 Å². The van der Waals surface area contributed by atoms with Gasteiger partial charge in [-0.25, -0.2) is 4.79 Å². The van der Waals surface area contributed by atoms with E-state index in [4.69, 9.17) is 16.4 Å². The van der Waals surface area contributed by atoms with Crippen molar-refractivity contribution in [1.29, 1.82) is 0 Å². The molecule has 1 aromatic rings. The van der Waals surface area contributed by atoms with Crippen LogP contribution in [0.25, 0.3) is 0 Å². The van der Waals surface area contributed by atoms with E-state index in [-0.39, 0.29) is 5.97 Å². The van der Waals surface area contributed by atoms with Crippen molar-refractivity contribution in [3.63, 3.8) is 0 Å². The van der Waals surface area contributed by atoms with Crippen LogP contribution < -0.4 is 0 Å². The standard InChI is InChI=1S/C11H11ClNO3/c1-15-11(14)10-6-7-13(16-10)9-4-2-8(12)3-5-9/h2-5,7,10H,6H2,1H3/q+1. The molecule has 0 saturated heterocycles. The smallest absolute Gasteiger partial charge is 0.355 e. The minimum Gasteiger partial charge on any atom is -0.466 e. The van der Waals surface area contributed by atoms with E-state index in [2.05, 4.69) is 4.74 Å². The summed E-state index contributed by atoms with van der Waals surface area (Å²) in [6, 6.07) is 7.16. The van der Waals surface area contributed by atoms with Crippen LogP contribution in [0.15, 0.2) is 24.3 Å². The van der Waals surface area contributed by atoms with Crippen molar-refractivity contribution in [1.82, 2.24) is 0 Å². The van der Waals surface area contributed by atoms with Gasteiger partial charge in [-0.2, -0.15) is 0 Å². The van der Waals surface area contributed by atoms with E-state index in [1.54, 1.807) is 23.1 Å². The van der Waals surface area contributed by atoms with E-state index < -0.39 is 6.10 Å². The molecule has 1 heterocycles. The van der Waals surface area contributed by atoms with Crippen LogP contribution in [0.2, 0.25) is 5.02 Å². The van der Waals surface area contributed by atoms with E-state index in [1.807, 2.05) is 12.1 Å². The highest BCUT2D eigenvalue weighted by molar-refractivity contribution is 6.30. The molecule has 0 amide bonds. The number of carbonyl (C=O) groups is 1. The molecule has 0 aliphatic carbocycles. The summed E-state index contributed by atoms with van der Waals surface area (Å²) in [5.41, 5.74) is 0.829. The second-order valence-electron chi connectivity index (χ2n) is 3.34. The average Bonchev–Trinajstić information content (AvgIpc) is 2.78. The molecule has 84 valence electrons. The Morgan fingerprint density at radius 3 is 2.81 bits per heavy atom. The van der Waals surface area contributed by atoms with Gasteiger partial charge < -0.3 is 4.74 Å². The van der Waals surface area contributed by atoms with Crippen LogP contribution in [-0.2, 0) is 14.4 Å². The number of rotatable bonds is 2. The molecule has 0 N–H and O–H groups in total. The Balaban J connectivity index is 2.08. The van der Waals surface area contributed by atoms with Crippen molar-refractivity contribution in [2.75, 3.05) is 7.11 Å². The van der Waals surface area contributed by atoms with E-state index >= 15 is 0 Å². The second-order valence-corrected chi connectivity index (χ2v) is 3.77. The summed E-state index contributed by atoms with van der Waals surface area (Å²) < 4.78 is 6.16. The highest BCUT2D eigenvalue weighted by Crippen LogP contribution is 2.20. The van der Waals surface area contributed by atoms with Crippen LogP contribution in [0.5, 0.6) is 0 Å². The Morgan fingerprint density at radius 2 is 2.19 bits per heavy atom. The fourth-order valence-corrected chi connectivity index (χ4v) is 1.57. The third-order valence-corrected chi connectivity index (χ3v) is 2.52. The Labute approximate surface area is 98.0 Å². The SMILES string of the molecule is COC(=O)C1CC=[N+](c2ccc(Cl)cc2)O1. The number of ether oxygens (including phenoxy) is 1. The van der Waals surface area contributed by atoms with Crippen LogP contribution in [0, 0.1) is 0 Å². The topological polar surface area (TPSA) is 38.5 Å². The first-order valence-corrected chi connectivity index (χ1v) is 5.21.